The molecule has 0 saturated heterocycles. The third-order valence-corrected chi connectivity index (χ3v) is 1.74. The summed E-state index contributed by atoms with van der Waals surface area (Å²) in [6.07, 6.45) is -2.55. The number of hydrogen-bond acceptors (Lipinski definition) is 3. The lowest BCUT2D eigenvalue weighted by Crippen LogP contribution is -2.07. The van der Waals surface area contributed by atoms with Gasteiger partial charge in [0.05, 0.1) is 0 Å². The molecule has 1 aromatic rings. The van der Waals surface area contributed by atoms with E-state index in [9.17, 15) is 18.0 Å². The minimum Gasteiger partial charge on any atom is -0.428 e. The zero-order valence-corrected chi connectivity index (χ0v) is 9.38. The standard InChI is InChI=1S/C12H9F3O3/c1-7(2)12(16)18-9-5-3-8(4-6-9)17-11(15)10(13)14/h3-6H,1H2,2H3. The van der Waals surface area contributed by atoms with Crippen LogP contribution in [0.2, 0.25) is 0 Å². The fourth-order valence-corrected chi connectivity index (χ4v) is 0.912. The summed E-state index contributed by atoms with van der Waals surface area (Å²) in [5.41, 5.74) is 0.212. The van der Waals surface area contributed by atoms with Crippen LogP contribution in [-0.2, 0) is 4.79 Å². The van der Waals surface area contributed by atoms with Crippen molar-refractivity contribution in [2.75, 3.05) is 0 Å². The molecule has 1 aromatic carbocycles. The number of carbonyl (C=O) groups excluding carboxylic acids is 1. The van der Waals surface area contributed by atoms with Crippen molar-refractivity contribution < 1.29 is 27.4 Å². The molecular formula is C12H9F3O3. The predicted octanol–water partition coefficient (Wildman–Crippen LogP) is 3.58. The van der Waals surface area contributed by atoms with Gasteiger partial charge in [-0.15, -0.1) is 0 Å². The zero-order valence-electron chi connectivity index (χ0n) is 9.38. The van der Waals surface area contributed by atoms with Crippen molar-refractivity contribution in [3.63, 3.8) is 0 Å². The van der Waals surface area contributed by atoms with Gasteiger partial charge in [-0.05, 0) is 31.2 Å². The lowest BCUT2D eigenvalue weighted by molar-refractivity contribution is -0.130. The molecule has 0 bridgehead atoms. The Hall–Kier alpha value is -2.24. The third kappa shape index (κ3) is 3.97. The van der Waals surface area contributed by atoms with Crippen LogP contribution >= 0.6 is 0 Å². The first-order valence-electron chi connectivity index (χ1n) is 4.76. The molecule has 6 heteroatoms. The summed E-state index contributed by atoms with van der Waals surface area (Å²) in [5.74, 6) is -0.597. The van der Waals surface area contributed by atoms with Crippen molar-refractivity contribution in [1.29, 1.82) is 0 Å². The topological polar surface area (TPSA) is 35.5 Å². The second kappa shape index (κ2) is 5.90. The fourth-order valence-electron chi connectivity index (χ4n) is 0.912. The summed E-state index contributed by atoms with van der Waals surface area (Å²) in [6.45, 7) is 4.87. The van der Waals surface area contributed by atoms with E-state index in [1.165, 1.54) is 31.2 Å². The Kier molecular flexibility index (Phi) is 4.53. The highest BCUT2D eigenvalue weighted by Crippen LogP contribution is 2.22. The van der Waals surface area contributed by atoms with Crippen LogP contribution < -0.4 is 9.47 Å². The van der Waals surface area contributed by atoms with Gasteiger partial charge >= 0.3 is 18.1 Å². The van der Waals surface area contributed by atoms with Gasteiger partial charge in [0.15, 0.2) is 0 Å². The molecule has 1 rings (SSSR count). The molecule has 0 N–H and O–H groups in total. The van der Waals surface area contributed by atoms with Gasteiger partial charge in [0.1, 0.15) is 11.5 Å². The van der Waals surface area contributed by atoms with Crippen molar-refractivity contribution in [1.82, 2.24) is 0 Å². The van der Waals surface area contributed by atoms with Crippen LogP contribution in [0.5, 0.6) is 11.5 Å². The first-order valence-corrected chi connectivity index (χ1v) is 4.76. The Morgan fingerprint density at radius 2 is 1.50 bits per heavy atom. The van der Waals surface area contributed by atoms with Crippen LogP contribution in [0, 0.1) is 0 Å². The van der Waals surface area contributed by atoms with E-state index in [4.69, 9.17) is 4.74 Å². The molecule has 0 aromatic heterocycles. The number of hydrogen-bond donors (Lipinski definition) is 0. The van der Waals surface area contributed by atoms with Crippen molar-refractivity contribution >= 4 is 5.97 Å². The van der Waals surface area contributed by atoms with E-state index in [2.05, 4.69) is 11.3 Å². The normalized spacial score (nSPS) is 9.56. The van der Waals surface area contributed by atoms with E-state index in [0.717, 1.165) is 0 Å². The Morgan fingerprint density at radius 1 is 1.06 bits per heavy atom. The van der Waals surface area contributed by atoms with E-state index in [1.54, 1.807) is 0 Å². The maximum absolute atomic E-state index is 12.4. The molecule has 3 nitrogen and oxygen atoms in total. The van der Waals surface area contributed by atoms with Crippen LogP contribution in [0.15, 0.2) is 48.5 Å². The zero-order chi connectivity index (χ0) is 13.7. The van der Waals surface area contributed by atoms with E-state index in [1.807, 2.05) is 0 Å². The number of carbonyl (C=O) groups is 1. The number of ether oxygens (including phenoxy) is 2. The summed E-state index contributed by atoms with van der Waals surface area (Å²) < 4.78 is 45.0. The van der Waals surface area contributed by atoms with Gasteiger partial charge < -0.3 is 9.47 Å². The molecule has 0 saturated carbocycles. The van der Waals surface area contributed by atoms with E-state index in [0.29, 0.717) is 0 Å². The summed E-state index contributed by atoms with van der Waals surface area (Å²) in [4.78, 5) is 11.1. The molecule has 0 radical (unpaired) electrons. The van der Waals surface area contributed by atoms with Gasteiger partial charge in [-0.25, -0.2) is 4.79 Å². The first kappa shape index (κ1) is 13.8. The Bertz CT molecular complexity index is 488. The summed E-state index contributed by atoms with van der Waals surface area (Å²) >= 11 is 0. The first-order chi connectivity index (χ1) is 8.40. The summed E-state index contributed by atoms with van der Waals surface area (Å²) in [7, 11) is 0. The largest absolute Gasteiger partial charge is 0.428 e. The van der Waals surface area contributed by atoms with E-state index < -0.39 is 18.1 Å². The molecule has 0 unspecified atom stereocenters. The van der Waals surface area contributed by atoms with Gasteiger partial charge in [-0.3, -0.25) is 0 Å². The average Bonchev–Trinajstić information content (AvgIpc) is 2.31. The van der Waals surface area contributed by atoms with E-state index >= 15 is 0 Å². The van der Waals surface area contributed by atoms with Gasteiger partial charge in [0, 0.05) is 5.57 Å². The molecule has 96 valence electrons. The molecule has 0 spiro atoms. The Balaban J connectivity index is 2.72. The van der Waals surface area contributed by atoms with Crippen LogP contribution in [0.4, 0.5) is 13.2 Å². The van der Waals surface area contributed by atoms with Crippen molar-refractivity contribution in [3.8, 4) is 11.5 Å². The lowest BCUT2D eigenvalue weighted by Gasteiger charge is -2.05. The molecule has 0 amide bonds. The Morgan fingerprint density at radius 3 is 1.89 bits per heavy atom. The molecule has 18 heavy (non-hydrogen) atoms. The van der Waals surface area contributed by atoms with Crippen molar-refractivity contribution in [3.05, 3.63) is 48.5 Å². The van der Waals surface area contributed by atoms with Crippen LogP contribution in [0.3, 0.4) is 0 Å². The van der Waals surface area contributed by atoms with Crippen molar-refractivity contribution in [2.24, 2.45) is 0 Å². The minimum atomic E-state index is -2.55. The number of halogens is 3. The van der Waals surface area contributed by atoms with Gasteiger partial charge in [-0.1, -0.05) is 6.58 Å². The predicted molar refractivity (Wildman–Crippen MR) is 57.9 cm³/mol. The van der Waals surface area contributed by atoms with Crippen LogP contribution in [0.25, 0.3) is 0 Å². The van der Waals surface area contributed by atoms with E-state index in [-0.39, 0.29) is 17.1 Å². The third-order valence-electron chi connectivity index (χ3n) is 1.74. The highest BCUT2D eigenvalue weighted by Gasteiger charge is 2.09. The number of rotatable bonds is 4. The van der Waals surface area contributed by atoms with Gasteiger partial charge in [-0.2, -0.15) is 13.2 Å². The lowest BCUT2D eigenvalue weighted by atomic mass is 10.3. The minimum absolute atomic E-state index is 0.143. The quantitative estimate of drug-likeness (QED) is 0.358. The van der Waals surface area contributed by atoms with Crippen LogP contribution in [-0.4, -0.2) is 5.97 Å². The maximum atomic E-state index is 12.4. The molecular weight excluding hydrogens is 249 g/mol. The molecule has 0 aliphatic heterocycles. The van der Waals surface area contributed by atoms with Crippen LogP contribution in [0.1, 0.15) is 6.92 Å². The number of esters is 1. The molecule has 0 heterocycles. The highest BCUT2D eigenvalue weighted by atomic mass is 19.3. The monoisotopic (exact) mass is 258 g/mol. The summed E-state index contributed by atoms with van der Waals surface area (Å²) in [6, 6.07) is 2.95. The average molecular weight is 258 g/mol. The second-order valence-electron chi connectivity index (χ2n) is 3.28. The molecule has 0 fully saturated rings. The number of benzene rings is 1. The van der Waals surface area contributed by atoms with Gasteiger partial charge in [0.25, 0.3) is 0 Å². The highest BCUT2D eigenvalue weighted by molar-refractivity contribution is 5.88. The molecule has 0 aliphatic rings. The SMILES string of the molecule is C=C(C)C(=O)Oc1ccc(OC(F)=C(F)F)cc1. The fraction of sp³-hybridized carbons (Fsp3) is 0.0833. The van der Waals surface area contributed by atoms with Gasteiger partial charge in [0.2, 0.25) is 0 Å². The maximum Gasteiger partial charge on any atom is 0.344 e. The molecule has 0 atom stereocenters. The second-order valence-corrected chi connectivity index (χ2v) is 3.28. The molecule has 0 aliphatic carbocycles. The van der Waals surface area contributed by atoms with Crippen molar-refractivity contribution in [2.45, 2.75) is 6.92 Å². The summed E-state index contributed by atoms with van der Waals surface area (Å²) in [5, 5.41) is 0. The Labute approximate surface area is 101 Å². The smallest absolute Gasteiger partial charge is 0.344 e.